The molecule has 0 spiro atoms. The number of benzene rings is 1. The number of aromatic nitrogens is 1. The smallest absolute Gasteiger partial charge is 0.313 e. The van der Waals surface area contributed by atoms with Crippen molar-refractivity contribution in [3.05, 3.63) is 53.0 Å². The molecule has 0 aliphatic carbocycles. The Kier molecular flexibility index (Phi) is 9.53. The summed E-state index contributed by atoms with van der Waals surface area (Å²) in [4.78, 5) is 24.2. The van der Waals surface area contributed by atoms with Gasteiger partial charge in [0.05, 0.1) is 24.6 Å². The van der Waals surface area contributed by atoms with Gasteiger partial charge in [-0.15, -0.1) is 0 Å². The first-order chi connectivity index (χ1) is 14.0. The molecule has 0 fully saturated rings. The number of esters is 2. The third-order valence-electron chi connectivity index (χ3n) is 4.10. The van der Waals surface area contributed by atoms with Crippen LogP contribution in [-0.2, 0) is 25.5 Å². The van der Waals surface area contributed by atoms with Crippen molar-refractivity contribution in [1.82, 2.24) is 4.37 Å². The summed E-state index contributed by atoms with van der Waals surface area (Å²) in [7, 11) is 1.66. The van der Waals surface area contributed by atoms with Gasteiger partial charge >= 0.3 is 11.9 Å². The van der Waals surface area contributed by atoms with E-state index in [1.807, 2.05) is 11.4 Å². The topological polar surface area (TPSA) is 74.7 Å². The zero-order valence-corrected chi connectivity index (χ0v) is 17.9. The van der Waals surface area contributed by atoms with E-state index in [4.69, 9.17) is 14.2 Å². The molecule has 2 rings (SSSR count). The SMILES string of the molecule is COCC/C=C(\CCOC(=O)Cc1ccccc1OC(=O)C(C)C)c1ccsn1. The fourth-order valence-electron chi connectivity index (χ4n) is 2.52. The van der Waals surface area contributed by atoms with Gasteiger partial charge in [-0.2, -0.15) is 4.37 Å². The minimum absolute atomic E-state index is 0.0426. The summed E-state index contributed by atoms with van der Waals surface area (Å²) in [5.74, 6) is -0.553. The van der Waals surface area contributed by atoms with Gasteiger partial charge in [0.2, 0.25) is 0 Å². The highest BCUT2D eigenvalue weighted by molar-refractivity contribution is 7.03. The molecule has 0 saturated carbocycles. The number of nitrogens with zero attached hydrogens (tertiary/aromatic N) is 1. The minimum atomic E-state index is -0.368. The number of para-hydroxylation sites is 1. The van der Waals surface area contributed by atoms with Crippen LogP contribution < -0.4 is 4.74 Å². The van der Waals surface area contributed by atoms with E-state index in [0.29, 0.717) is 24.3 Å². The van der Waals surface area contributed by atoms with Crippen molar-refractivity contribution in [3.63, 3.8) is 0 Å². The van der Waals surface area contributed by atoms with E-state index in [0.717, 1.165) is 17.7 Å². The van der Waals surface area contributed by atoms with E-state index in [1.54, 1.807) is 45.2 Å². The molecule has 0 radical (unpaired) electrons. The number of hydrogen-bond acceptors (Lipinski definition) is 7. The lowest BCUT2D eigenvalue weighted by atomic mass is 10.1. The van der Waals surface area contributed by atoms with Gasteiger partial charge in [-0.05, 0) is 35.7 Å². The third kappa shape index (κ3) is 7.79. The van der Waals surface area contributed by atoms with E-state index in [9.17, 15) is 9.59 Å². The molecule has 1 aromatic carbocycles. The van der Waals surface area contributed by atoms with Crippen LogP contribution in [0.4, 0.5) is 0 Å². The van der Waals surface area contributed by atoms with Crippen molar-refractivity contribution >= 4 is 29.0 Å². The van der Waals surface area contributed by atoms with E-state index in [1.165, 1.54) is 11.5 Å². The second-order valence-corrected chi connectivity index (χ2v) is 7.39. The first-order valence-corrected chi connectivity index (χ1v) is 10.4. The fourth-order valence-corrected chi connectivity index (χ4v) is 3.06. The zero-order chi connectivity index (χ0) is 21.1. The predicted molar refractivity (Wildman–Crippen MR) is 113 cm³/mol. The van der Waals surface area contributed by atoms with Gasteiger partial charge in [-0.3, -0.25) is 9.59 Å². The highest BCUT2D eigenvalue weighted by atomic mass is 32.1. The lowest BCUT2D eigenvalue weighted by Gasteiger charge is -2.12. The number of ether oxygens (including phenoxy) is 3. The molecule has 0 atom stereocenters. The minimum Gasteiger partial charge on any atom is -0.465 e. The van der Waals surface area contributed by atoms with Crippen molar-refractivity contribution in [3.8, 4) is 5.75 Å². The molecule has 7 heteroatoms. The Morgan fingerprint density at radius 2 is 1.97 bits per heavy atom. The molecule has 2 aromatic rings. The average Bonchev–Trinajstić information content (AvgIpc) is 3.23. The van der Waals surface area contributed by atoms with E-state index in [-0.39, 0.29) is 30.9 Å². The summed E-state index contributed by atoms with van der Waals surface area (Å²) >= 11 is 1.39. The number of methoxy groups -OCH3 is 1. The lowest BCUT2D eigenvalue weighted by Crippen LogP contribution is -2.17. The van der Waals surface area contributed by atoms with Crippen LogP contribution in [0.15, 0.2) is 41.8 Å². The van der Waals surface area contributed by atoms with Gasteiger partial charge in [0, 0.05) is 31.1 Å². The molecule has 6 nitrogen and oxygen atoms in total. The summed E-state index contributed by atoms with van der Waals surface area (Å²) < 4.78 is 20.2. The van der Waals surface area contributed by atoms with E-state index in [2.05, 4.69) is 10.4 Å². The molecule has 0 aliphatic rings. The Morgan fingerprint density at radius 1 is 1.17 bits per heavy atom. The summed E-state index contributed by atoms with van der Waals surface area (Å²) in [6, 6.07) is 8.96. The maximum absolute atomic E-state index is 12.3. The van der Waals surface area contributed by atoms with Crippen molar-refractivity contribution in [2.24, 2.45) is 5.92 Å². The summed E-state index contributed by atoms with van der Waals surface area (Å²) in [5.41, 5.74) is 2.55. The average molecular weight is 418 g/mol. The molecule has 0 N–H and O–H groups in total. The van der Waals surface area contributed by atoms with Gasteiger partial charge in [-0.25, -0.2) is 0 Å². The van der Waals surface area contributed by atoms with Crippen LogP contribution >= 0.6 is 11.5 Å². The second kappa shape index (κ2) is 12.1. The molecular weight excluding hydrogens is 390 g/mol. The van der Waals surface area contributed by atoms with E-state index < -0.39 is 0 Å². The summed E-state index contributed by atoms with van der Waals surface area (Å²) in [5, 5.41) is 1.92. The Labute approximate surface area is 175 Å². The Bertz CT molecular complexity index is 814. The lowest BCUT2D eigenvalue weighted by molar-refractivity contribution is -0.143. The van der Waals surface area contributed by atoms with Crippen molar-refractivity contribution < 1.29 is 23.8 Å². The number of hydrogen-bond donors (Lipinski definition) is 0. The van der Waals surface area contributed by atoms with Crippen LogP contribution in [0, 0.1) is 5.92 Å². The Morgan fingerprint density at radius 3 is 2.66 bits per heavy atom. The molecule has 29 heavy (non-hydrogen) atoms. The van der Waals surface area contributed by atoms with Crippen molar-refractivity contribution in [2.75, 3.05) is 20.3 Å². The van der Waals surface area contributed by atoms with Crippen molar-refractivity contribution in [2.45, 2.75) is 33.1 Å². The standard InChI is InChI=1S/C22H27NO5S/c1-16(2)22(25)28-20-9-5-4-7-18(20)15-21(24)27-13-10-17(8-6-12-26-3)19-11-14-29-23-19/h4-5,7-9,11,14,16H,6,10,12-13,15H2,1-3H3/b17-8+. The number of rotatable bonds is 11. The molecule has 1 heterocycles. The maximum Gasteiger partial charge on any atom is 0.313 e. The largest absolute Gasteiger partial charge is 0.465 e. The van der Waals surface area contributed by atoms with Crippen LogP contribution in [0.2, 0.25) is 0 Å². The molecule has 0 bridgehead atoms. The normalized spacial score (nSPS) is 11.5. The predicted octanol–water partition coefficient (Wildman–Crippen LogP) is 4.30. The summed E-state index contributed by atoms with van der Waals surface area (Å²) in [6.07, 6.45) is 3.45. The van der Waals surface area contributed by atoms with Gasteiger partial charge in [0.25, 0.3) is 0 Å². The maximum atomic E-state index is 12.3. The molecular formula is C22H27NO5S. The number of carbonyl (C=O) groups excluding carboxylic acids is 2. The second-order valence-electron chi connectivity index (χ2n) is 6.73. The third-order valence-corrected chi connectivity index (χ3v) is 4.66. The molecule has 1 aromatic heterocycles. The van der Waals surface area contributed by atoms with Crippen LogP contribution in [0.5, 0.6) is 5.75 Å². The molecule has 0 amide bonds. The fraction of sp³-hybridized carbons (Fsp3) is 0.409. The van der Waals surface area contributed by atoms with Crippen LogP contribution in [0.1, 0.15) is 37.9 Å². The summed E-state index contributed by atoms with van der Waals surface area (Å²) in [6.45, 7) is 4.40. The molecule has 0 aliphatic heterocycles. The van der Waals surface area contributed by atoms with Crippen molar-refractivity contribution in [1.29, 1.82) is 0 Å². The van der Waals surface area contributed by atoms with Gasteiger partial charge in [0.15, 0.2) is 0 Å². The highest BCUT2D eigenvalue weighted by Gasteiger charge is 2.15. The van der Waals surface area contributed by atoms with Gasteiger partial charge in [0.1, 0.15) is 5.75 Å². The van der Waals surface area contributed by atoms with Gasteiger partial charge in [-0.1, -0.05) is 38.1 Å². The monoisotopic (exact) mass is 417 g/mol. The first-order valence-electron chi connectivity index (χ1n) is 9.55. The first kappa shape index (κ1) is 22.8. The zero-order valence-electron chi connectivity index (χ0n) is 17.1. The van der Waals surface area contributed by atoms with E-state index >= 15 is 0 Å². The van der Waals surface area contributed by atoms with Gasteiger partial charge < -0.3 is 14.2 Å². The number of carbonyl (C=O) groups is 2. The molecule has 0 saturated heterocycles. The Hall–Kier alpha value is -2.51. The molecule has 156 valence electrons. The Balaban J connectivity index is 1.91. The molecule has 0 unspecified atom stereocenters. The van der Waals surface area contributed by atoms with Crippen LogP contribution in [-0.4, -0.2) is 36.6 Å². The van der Waals surface area contributed by atoms with Crippen LogP contribution in [0.25, 0.3) is 5.57 Å². The quantitative estimate of drug-likeness (QED) is 0.308. The van der Waals surface area contributed by atoms with Crippen LogP contribution in [0.3, 0.4) is 0 Å². The highest BCUT2D eigenvalue weighted by Crippen LogP contribution is 2.21.